The fraction of sp³-hybridized carbons (Fsp3) is 0.308. The smallest absolute Gasteiger partial charge is 0.312 e. The molecule has 3 N–H and O–H groups in total. The third-order valence-electron chi connectivity index (χ3n) is 2.68. The number of hydrogen-bond donors (Lipinski definition) is 3. The highest BCUT2D eigenvalue weighted by molar-refractivity contribution is 6.05. The molecular formula is C13H15FN4O2. The largest absolute Gasteiger partial charge is 0.323 e. The van der Waals surface area contributed by atoms with E-state index in [1.165, 1.54) is 24.3 Å². The lowest BCUT2D eigenvalue weighted by molar-refractivity contribution is -0.119. The molecule has 6 nitrogen and oxygen atoms in total. The van der Waals surface area contributed by atoms with Crippen LogP contribution in [0.4, 0.5) is 9.18 Å². The van der Waals surface area contributed by atoms with E-state index < -0.39 is 12.2 Å². The Morgan fingerprint density at radius 2 is 2.10 bits per heavy atom. The van der Waals surface area contributed by atoms with Gasteiger partial charge in [-0.15, -0.1) is 0 Å². The van der Waals surface area contributed by atoms with Gasteiger partial charge in [-0.3, -0.25) is 15.4 Å². The molecule has 1 unspecified atom stereocenters. The first-order valence-corrected chi connectivity index (χ1v) is 6.29. The Hall–Kier alpha value is -2.44. The van der Waals surface area contributed by atoms with Gasteiger partial charge in [-0.2, -0.15) is 0 Å². The van der Waals surface area contributed by atoms with Crippen LogP contribution >= 0.6 is 0 Å². The van der Waals surface area contributed by atoms with Gasteiger partial charge in [0, 0.05) is 6.42 Å². The number of nitrogens with one attached hydrogen (secondary N) is 3. The zero-order valence-electron chi connectivity index (χ0n) is 10.9. The van der Waals surface area contributed by atoms with Gasteiger partial charge in [0.05, 0.1) is 0 Å². The number of hydrogen-bond acceptors (Lipinski definition) is 3. The first-order chi connectivity index (χ1) is 9.58. The number of carbonyl (C=O) groups is 2. The molecule has 20 heavy (non-hydrogen) atoms. The van der Waals surface area contributed by atoms with Crippen molar-refractivity contribution in [3.05, 3.63) is 35.6 Å². The van der Waals surface area contributed by atoms with Gasteiger partial charge in [-0.05, 0) is 24.1 Å². The number of aliphatic imine (C=N–C) groups is 1. The number of urea groups is 1. The fourth-order valence-corrected chi connectivity index (χ4v) is 1.75. The summed E-state index contributed by atoms with van der Waals surface area (Å²) in [4.78, 5) is 27.2. The average Bonchev–Trinajstić information content (AvgIpc) is 2.39. The summed E-state index contributed by atoms with van der Waals surface area (Å²) in [7, 11) is 0. The predicted molar refractivity (Wildman–Crippen MR) is 71.3 cm³/mol. The predicted octanol–water partition coefficient (Wildman–Crippen LogP) is 1.41. The number of nitrogens with zero attached hydrogens (tertiary/aromatic N) is 1. The second kappa shape index (κ2) is 6.14. The molecule has 2 rings (SSSR count). The third-order valence-corrected chi connectivity index (χ3v) is 2.68. The summed E-state index contributed by atoms with van der Waals surface area (Å²) in [5.74, 6) is -0.484. The zero-order chi connectivity index (χ0) is 14.5. The summed E-state index contributed by atoms with van der Waals surface area (Å²) in [5, 5.41) is 7.51. The molecule has 0 saturated carbocycles. The van der Waals surface area contributed by atoms with E-state index in [0.29, 0.717) is 18.4 Å². The van der Waals surface area contributed by atoms with E-state index in [4.69, 9.17) is 0 Å². The van der Waals surface area contributed by atoms with Crippen LogP contribution in [0, 0.1) is 5.82 Å². The topological polar surface area (TPSA) is 82.6 Å². The summed E-state index contributed by atoms with van der Waals surface area (Å²) >= 11 is 0. The van der Waals surface area contributed by atoms with Crippen LogP contribution in [0.15, 0.2) is 29.3 Å². The zero-order valence-corrected chi connectivity index (χ0v) is 10.9. The Bertz CT molecular complexity index is 542. The van der Waals surface area contributed by atoms with Crippen molar-refractivity contribution < 1.29 is 14.0 Å². The highest BCUT2D eigenvalue weighted by atomic mass is 19.1. The van der Waals surface area contributed by atoms with Crippen molar-refractivity contribution in [3.63, 3.8) is 0 Å². The highest BCUT2D eigenvalue weighted by Gasteiger charge is 2.21. The molecule has 0 radical (unpaired) electrons. The maximum atomic E-state index is 12.9. The molecule has 106 valence electrons. The van der Waals surface area contributed by atoms with Crippen molar-refractivity contribution in [2.24, 2.45) is 4.99 Å². The minimum Gasteiger partial charge on any atom is -0.312 e. The number of amides is 3. The van der Waals surface area contributed by atoms with Crippen molar-refractivity contribution in [2.75, 3.05) is 0 Å². The lowest BCUT2D eigenvalue weighted by atomic mass is 10.1. The van der Waals surface area contributed by atoms with Gasteiger partial charge >= 0.3 is 6.03 Å². The van der Waals surface area contributed by atoms with Crippen molar-refractivity contribution in [1.82, 2.24) is 16.0 Å². The molecule has 1 heterocycles. The Morgan fingerprint density at radius 1 is 1.40 bits per heavy atom. The van der Waals surface area contributed by atoms with Crippen LogP contribution < -0.4 is 16.0 Å². The normalized spacial score (nSPS) is 17.8. The maximum Gasteiger partial charge on any atom is 0.323 e. The number of halogens is 1. The van der Waals surface area contributed by atoms with Crippen LogP contribution in [0.3, 0.4) is 0 Å². The number of carbonyl (C=O) groups excluding carboxylic acids is 2. The van der Waals surface area contributed by atoms with Crippen molar-refractivity contribution in [1.29, 1.82) is 0 Å². The summed E-state index contributed by atoms with van der Waals surface area (Å²) in [6.07, 6.45) is 0.400. The first-order valence-electron chi connectivity index (χ1n) is 6.29. The van der Waals surface area contributed by atoms with E-state index in [1.807, 2.05) is 6.92 Å². The van der Waals surface area contributed by atoms with Gasteiger partial charge in [-0.25, -0.2) is 14.2 Å². The molecule has 7 heteroatoms. The monoisotopic (exact) mass is 278 g/mol. The molecule has 0 saturated heterocycles. The molecule has 0 spiro atoms. The van der Waals surface area contributed by atoms with Crippen LogP contribution in [0.2, 0.25) is 0 Å². The van der Waals surface area contributed by atoms with Crippen LogP contribution in [0.25, 0.3) is 0 Å². The number of benzene rings is 1. The lowest BCUT2D eigenvalue weighted by Crippen LogP contribution is -2.52. The van der Waals surface area contributed by atoms with Gasteiger partial charge < -0.3 is 5.32 Å². The highest BCUT2D eigenvalue weighted by Crippen LogP contribution is 2.16. The van der Waals surface area contributed by atoms with Gasteiger partial charge in [0.1, 0.15) is 5.82 Å². The minimum absolute atomic E-state index is 0.0986. The summed E-state index contributed by atoms with van der Waals surface area (Å²) < 4.78 is 12.9. The molecule has 0 fully saturated rings. The molecule has 0 aliphatic carbocycles. The molecule has 0 aromatic heterocycles. The van der Waals surface area contributed by atoms with Crippen LogP contribution in [0.5, 0.6) is 0 Å². The summed E-state index contributed by atoms with van der Waals surface area (Å²) in [6.45, 7) is 1.88. The standard InChI is InChI=1S/C13H15FN4O2/c1-2-3-10(19)15-12-16-11(17-13(20)18-12)8-4-6-9(14)7-5-8/h4-7,11H,2-3H2,1H3,(H3,15,16,17,18,19,20). The van der Waals surface area contributed by atoms with E-state index in [2.05, 4.69) is 20.9 Å². The van der Waals surface area contributed by atoms with E-state index >= 15 is 0 Å². The molecule has 1 atom stereocenters. The molecule has 0 bridgehead atoms. The van der Waals surface area contributed by atoms with E-state index in [-0.39, 0.29) is 17.7 Å². The summed E-state index contributed by atoms with van der Waals surface area (Å²) in [6, 6.07) is 5.16. The molecule has 1 aliphatic rings. The van der Waals surface area contributed by atoms with Crippen LogP contribution in [-0.2, 0) is 4.79 Å². The van der Waals surface area contributed by atoms with E-state index in [1.54, 1.807) is 0 Å². The minimum atomic E-state index is -0.652. The third kappa shape index (κ3) is 3.53. The second-order valence-electron chi connectivity index (χ2n) is 4.33. The Labute approximate surface area is 115 Å². The summed E-state index contributed by atoms with van der Waals surface area (Å²) in [5.41, 5.74) is 0.628. The molecule has 1 aromatic rings. The molecule has 1 aliphatic heterocycles. The average molecular weight is 278 g/mol. The Balaban J connectivity index is 2.14. The SMILES string of the molecule is CCCC(=O)NC1=NC(c2ccc(F)cc2)NC(=O)N1. The van der Waals surface area contributed by atoms with Gasteiger partial charge in [0.15, 0.2) is 6.17 Å². The molecule has 3 amide bonds. The fourth-order valence-electron chi connectivity index (χ4n) is 1.75. The van der Waals surface area contributed by atoms with Gasteiger partial charge in [0.2, 0.25) is 11.9 Å². The molecule has 1 aromatic carbocycles. The Kier molecular flexibility index (Phi) is 4.29. The Morgan fingerprint density at radius 3 is 2.75 bits per heavy atom. The van der Waals surface area contributed by atoms with E-state index in [9.17, 15) is 14.0 Å². The number of guanidine groups is 1. The second-order valence-corrected chi connectivity index (χ2v) is 4.33. The van der Waals surface area contributed by atoms with Crippen molar-refractivity contribution in [3.8, 4) is 0 Å². The lowest BCUT2D eigenvalue weighted by Gasteiger charge is -2.23. The quantitative estimate of drug-likeness (QED) is 0.781. The van der Waals surface area contributed by atoms with Crippen LogP contribution in [-0.4, -0.2) is 17.9 Å². The van der Waals surface area contributed by atoms with Gasteiger partial charge in [-0.1, -0.05) is 19.1 Å². The van der Waals surface area contributed by atoms with Gasteiger partial charge in [0.25, 0.3) is 0 Å². The number of rotatable bonds is 3. The van der Waals surface area contributed by atoms with Crippen molar-refractivity contribution in [2.45, 2.75) is 25.9 Å². The molecular weight excluding hydrogens is 263 g/mol. The first kappa shape index (κ1) is 14.0. The van der Waals surface area contributed by atoms with Crippen LogP contribution in [0.1, 0.15) is 31.5 Å². The van der Waals surface area contributed by atoms with Crippen molar-refractivity contribution >= 4 is 17.9 Å². The van der Waals surface area contributed by atoms with E-state index in [0.717, 1.165) is 0 Å². The maximum absolute atomic E-state index is 12.9.